The van der Waals surface area contributed by atoms with Crippen molar-refractivity contribution in [3.8, 4) is 0 Å². The number of hydrogen-bond donors (Lipinski definition) is 1. The lowest BCUT2D eigenvalue weighted by molar-refractivity contribution is 0.339. The molecule has 1 aliphatic rings. The molecule has 1 unspecified atom stereocenters. The third-order valence-electron chi connectivity index (χ3n) is 3.42. The molecular formula is C13H22N2S. The zero-order chi connectivity index (χ0) is 11.2. The summed E-state index contributed by atoms with van der Waals surface area (Å²) in [4.78, 5) is 2.55. The maximum atomic E-state index is 3.59. The van der Waals surface area contributed by atoms with Gasteiger partial charge in [0.15, 0.2) is 0 Å². The lowest BCUT2D eigenvalue weighted by atomic mass is 10.1. The van der Waals surface area contributed by atoms with E-state index in [2.05, 4.69) is 34.0 Å². The largest absolute Gasteiger partial charge is 0.316 e. The molecule has 90 valence electrons. The molecule has 0 bridgehead atoms. The highest BCUT2D eigenvalue weighted by Gasteiger charge is 2.20. The zero-order valence-corrected chi connectivity index (χ0v) is 10.9. The normalized spacial score (nSPS) is 21.7. The van der Waals surface area contributed by atoms with Gasteiger partial charge in [-0.2, -0.15) is 11.3 Å². The maximum Gasteiger partial charge on any atom is 0.00222 e. The van der Waals surface area contributed by atoms with Crippen LogP contribution in [0, 0.1) is 5.92 Å². The molecule has 1 saturated heterocycles. The standard InChI is InChI=1S/C13H22N2S/c1-2-15-7-4-13(10-15)9-14-6-3-12-5-8-16-11-12/h5,8,11,13-14H,2-4,6-7,9-10H2,1H3. The van der Waals surface area contributed by atoms with E-state index in [1.165, 1.54) is 44.6 Å². The molecule has 1 fully saturated rings. The van der Waals surface area contributed by atoms with E-state index in [0.29, 0.717) is 0 Å². The molecule has 1 aromatic rings. The summed E-state index contributed by atoms with van der Waals surface area (Å²) in [6, 6.07) is 2.22. The average molecular weight is 238 g/mol. The SMILES string of the molecule is CCN1CCC(CNCCc2ccsc2)C1. The van der Waals surface area contributed by atoms with Crippen molar-refractivity contribution in [3.63, 3.8) is 0 Å². The first-order valence-corrected chi connectivity index (χ1v) is 7.27. The monoisotopic (exact) mass is 238 g/mol. The van der Waals surface area contributed by atoms with Gasteiger partial charge in [0.25, 0.3) is 0 Å². The Hall–Kier alpha value is -0.380. The summed E-state index contributed by atoms with van der Waals surface area (Å²) in [5.74, 6) is 0.877. The van der Waals surface area contributed by atoms with Gasteiger partial charge in [-0.05, 0) is 67.3 Å². The molecule has 2 nitrogen and oxygen atoms in total. The number of thiophene rings is 1. The van der Waals surface area contributed by atoms with Crippen LogP contribution in [0.15, 0.2) is 16.8 Å². The van der Waals surface area contributed by atoms with Gasteiger partial charge in [0.2, 0.25) is 0 Å². The highest BCUT2D eigenvalue weighted by molar-refractivity contribution is 7.07. The van der Waals surface area contributed by atoms with E-state index in [1.807, 2.05) is 0 Å². The van der Waals surface area contributed by atoms with Crippen LogP contribution >= 0.6 is 11.3 Å². The van der Waals surface area contributed by atoms with Crippen LogP contribution < -0.4 is 5.32 Å². The van der Waals surface area contributed by atoms with Crippen molar-refractivity contribution in [1.29, 1.82) is 0 Å². The number of likely N-dealkylation sites (tertiary alicyclic amines) is 1. The molecule has 2 heterocycles. The Labute approximate surface area is 103 Å². The first-order valence-electron chi connectivity index (χ1n) is 6.32. The van der Waals surface area contributed by atoms with E-state index in [1.54, 1.807) is 11.3 Å². The molecule has 0 amide bonds. The summed E-state index contributed by atoms with van der Waals surface area (Å²) in [5.41, 5.74) is 1.47. The Balaban J connectivity index is 1.55. The van der Waals surface area contributed by atoms with E-state index in [9.17, 15) is 0 Å². The van der Waals surface area contributed by atoms with Crippen molar-refractivity contribution in [2.75, 3.05) is 32.7 Å². The van der Waals surface area contributed by atoms with E-state index < -0.39 is 0 Å². The third-order valence-corrected chi connectivity index (χ3v) is 4.15. The first-order chi connectivity index (χ1) is 7.88. The highest BCUT2D eigenvalue weighted by atomic mass is 32.1. The molecule has 0 aromatic carbocycles. The lowest BCUT2D eigenvalue weighted by Crippen LogP contribution is -2.27. The summed E-state index contributed by atoms with van der Waals surface area (Å²) in [6.45, 7) is 8.38. The molecule has 0 spiro atoms. The maximum absolute atomic E-state index is 3.59. The lowest BCUT2D eigenvalue weighted by Gasteiger charge is -2.13. The van der Waals surface area contributed by atoms with Crippen LogP contribution in [0.4, 0.5) is 0 Å². The predicted octanol–water partition coefficient (Wildman–Crippen LogP) is 2.22. The fourth-order valence-corrected chi connectivity index (χ4v) is 3.04. The van der Waals surface area contributed by atoms with Gasteiger partial charge in [-0.15, -0.1) is 0 Å². The molecule has 0 radical (unpaired) electrons. The molecule has 2 rings (SSSR count). The summed E-state index contributed by atoms with van der Waals surface area (Å²) in [5, 5.41) is 7.99. The first kappa shape index (κ1) is 12.1. The van der Waals surface area contributed by atoms with Crippen LogP contribution in [0.2, 0.25) is 0 Å². The molecule has 3 heteroatoms. The van der Waals surface area contributed by atoms with Gasteiger partial charge in [-0.1, -0.05) is 6.92 Å². The van der Waals surface area contributed by atoms with Crippen LogP contribution in [-0.4, -0.2) is 37.6 Å². The minimum Gasteiger partial charge on any atom is -0.316 e. The number of nitrogens with one attached hydrogen (secondary N) is 1. The average Bonchev–Trinajstić information content (AvgIpc) is 2.95. The van der Waals surface area contributed by atoms with Crippen LogP contribution in [0.3, 0.4) is 0 Å². The van der Waals surface area contributed by atoms with Gasteiger partial charge in [0.05, 0.1) is 0 Å². The van der Waals surface area contributed by atoms with Gasteiger partial charge >= 0.3 is 0 Å². The van der Waals surface area contributed by atoms with Crippen LogP contribution in [-0.2, 0) is 6.42 Å². The number of rotatable bonds is 6. The molecule has 1 aromatic heterocycles. The topological polar surface area (TPSA) is 15.3 Å². The molecule has 0 aliphatic carbocycles. The summed E-state index contributed by atoms with van der Waals surface area (Å²) < 4.78 is 0. The van der Waals surface area contributed by atoms with Crippen molar-refractivity contribution in [2.24, 2.45) is 5.92 Å². The van der Waals surface area contributed by atoms with Crippen LogP contribution in [0.25, 0.3) is 0 Å². The number of nitrogens with zero attached hydrogens (tertiary/aromatic N) is 1. The molecular weight excluding hydrogens is 216 g/mol. The second-order valence-electron chi connectivity index (χ2n) is 4.63. The Bertz CT molecular complexity index is 284. The Morgan fingerprint density at radius 2 is 2.50 bits per heavy atom. The van der Waals surface area contributed by atoms with Gasteiger partial charge in [0.1, 0.15) is 0 Å². The molecule has 0 saturated carbocycles. The zero-order valence-electron chi connectivity index (χ0n) is 10.1. The van der Waals surface area contributed by atoms with Crippen LogP contribution in [0.5, 0.6) is 0 Å². The van der Waals surface area contributed by atoms with Crippen molar-refractivity contribution in [1.82, 2.24) is 10.2 Å². The molecule has 1 N–H and O–H groups in total. The third kappa shape index (κ3) is 3.58. The fourth-order valence-electron chi connectivity index (χ4n) is 2.34. The quantitative estimate of drug-likeness (QED) is 0.765. The Morgan fingerprint density at radius 1 is 1.56 bits per heavy atom. The van der Waals surface area contributed by atoms with Gasteiger partial charge in [-0.3, -0.25) is 0 Å². The van der Waals surface area contributed by atoms with E-state index in [4.69, 9.17) is 0 Å². The van der Waals surface area contributed by atoms with Gasteiger partial charge in [0, 0.05) is 6.54 Å². The Morgan fingerprint density at radius 3 is 3.19 bits per heavy atom. The van der Waals surface area contributed by atoms with E-state index >= 15 is 0 Å². The number of hydrogen-bond acceptors (Lipinski definition) is 3. The molecule has 16 heavy (non-hydrogen) atoms. The minimum atomic E-state index is 0.877. The van der Waals surface area contributed by atoms with Gasteiger partial charge in [-0.25, -0.2) is 0 Å². The van der Waals surface area contributed by atoms with Crippen molar-refractivity contribution in [2.45, 2.75) is 19.8 Å². The van der Waals surface area contributed by atoms with Crippen molar-refractivity contribution >= 4 is 11.3 Å². The molecule has 1 atom stereocenters. The minimum absolute atomic E-state index is 0.877. The van der Waals surface area contributed by atoms with Crippen LogP contribution in [0.1, 0.15) is 18.9 Å². The smallest absolute Gasteiger partial charge is 0.00222 e. The fraction of sp³-hybridized carbons (Fsp3) is 0.692. The second kappa shape index (κ2) is 6.38. The molecule has 1 aliphatic heterocycles. The summed E-state index contributed by atoms with van der Waals surface area (Å²) in [6.07, 6.45) is 2.55. The van der Waals surface area contributed by atoms with Crippen molar-refractivity contribution < 1.29 is 0 Å². The summed E-state index contributed by atoms with van der Waals surface area (Å²) in [7, 11) is 0. The van der Waals surface area contributed by atoms with E-state index in [-0.39, 0.29) is 0 Å². The van der Waals surface area contributed by atoms with Crippen molar-refractivity contribution in [3.05, 3.63) is 22.4 Å². The Kier molecular flexibility index (Phi) is 4.82. The van der Waals surface area contributed by atoms with Gasteiger partial charge < -0.3 is 10.2 Å². The summed E-state index contributed by atoms with van der Waals surface area (Å²) >= 11 is 1.79. The predicted molar refractivity (Wildman–Crippen MR) is 71.1 cm³/mol. The highest BCUT2D eigenvalue weighted by Crippen LogP contribution is 2.14. The van der Waals surface area contributed by atoms with E-state index in [0.717, 1.165) is 12.5 Å². The second-order valence-corrected chi connectivity index (χ2v) is 5.41.